The molecule has 1 N–H and O–H groups in total. The van der Waals surface area contributed by atoms with Crippen LogP contribution >= 0.6 is 12.2 Å². The summed E-state index contributed by atoms with van der Waals surface area (Å²) in [5.41, 5.74) is 0.750. The highest BCUT2D eigenvalue weighted by molar-refractivity contribution is 7.71. The molecule has 0 saturated heterocycles. The van der Waals surface area contributed by atoms with Gasteiger partial charge in [0.05, 0.1) is 17.5 Å². The first kappa shape index (κ1) is 15.5. The molecule has 0 amide bonds. The van der Waals surface area contributed by atoms with Crippen molar-refractivity contribution in [1.82, 2.24) is 9.55 Å². The topological polar surface area (TPSA) is 47.0 Å². The van der Waals surface area contributed by atoms with Crippen molar-refractivity contribution in [1.29, 1.82) is 0 Å². The molecule has 0 aliphatic carbocycles. The van der Waals surface area contributed by atoms with Gasteiger partial charge in [0.1, 0.15) is 5.75 Å². The highest BCUT2D eigenvalue weighted by atomic mass is 32.1. The Morgan fingerprint density at radius 3 is 2.57 bits per heavy atom. The standard InChI is InChI=1S/C18H18N2O2S/c21-17-15-10-4-5-11-16(15)19-18(23)20(17)12-6-7-13-22-14-8-2-1-3-9-14/h1-5,8-11H,6-7,12-13H2,(H,19,23). The van der Waals surface area contributed by atoms with Crippen LogP contribution in [-0.4, -0.2) is 16.2 Å². The number of aromatic amines is 1. The van der Waals surface area contributed by atoms with Gasteiger partial charge in [0.25, 0.3) is 5.56 Å². The molecule has 1 aromatic heterocycles. The largest absolute Gasteiger partial charge is 0.494 e. The molecule has 5 heteroatoms. The number of H-pyrrole nitrogens is 1. The van der Waals surface area contributed by atoms with Gasteiger partial charge in [-0.05, 0) is 49.3 Å². The summed E-state index contributed by atoms with van der Waals surface area (Å²) in [6, 6.07) is 17.2. The van der Waals surface area contributed by atoms with Crippen LogP contribution in [0.5, 0.6) is 5.75 Å². The van der Waals surface area contributed by atoms with E-state index < -0.39 is 0 Å². The molecule has 1 heterocycles. The van der Waals surface area contributed by atoms with Gasteiger partial charge in [0.15, 0.2) is 4.77 Å². The van der Waals surface area contributed by atoms with E-state index in [9.17, 15) is 4.79 Å². The van der Waals surface area contributed by atoms with Crippen molar-refractivity contribution >= 4 is 23.1 Å². The molecule has 0 bridgehead atoms. The van der Waals surface area contributed by atoms with E-state index in [2.05, 4.69) is 4.98 Å². The van der Waals surface area contributed by atoms with Crippen molar-refractivity contribution in [3.63, 3.8) is 0 Å². The van der Waals surface area contributed by atoms with Gasteiger partial charge in [-0.3, -0.25) is 9.36 Å². The minimum Gasteiger partial charge on any atom is -0.494 e. The fraction of sp³-hybridized carbons (Fsp3) is 0.222. The van der Waals surface area contributed by atoms with Crippen LogP contribution in [0.3, 0.4) is 0 Å². The lowest BCUT2D eigenvalue weighted by Gasteiger charge is -2.09. The normalized spacial score (nSPS) is 10.8. The molecule has 23 heavy (non-hydrogen) atoms. The lowest BCUT2D eigenvalue weighted by atomic mass is 10.2. The fourth-order valence-corrected chi connectivity index (χ4v) is 2.76. The van der Waals surface area contributed by atoms with E-state index in [0.29, 0.717) is 23.3 Å². The predicted molar refractivity (Wildman–Crippen MR) is 94.6 cm³/mol. The molecule has 0 unspecified atom stereocenters. The Balaban J connectivity index is 1.61. The maximum atomic E-state index is 12.5. The molecular formula is C18H18N2O2S. The SMILES string of the molecule is O=c1c2ccccc2[nH]c(=S)n1CCCCOc1ccccc1. The van der Waals surface area contributed by atoms with Gasteiger partial charge in [0.2, 0.25) is 0 Å². The smallest absolute Gasteiger partial charge is 0.262 e. The van der Waals surface area contributed by atoms with Gasteiger partial charge in [-0.15, -0.1) is 0 Å². The van der Waals surface area contributed by atoms with Gasteiger partial charge in [0, 0.05) is 6.54 Å². The molecule has 0 spiro atoms. The van der Waals surface area contributed by atoms with E-state index in [0.717, 1.165) is 24.1 Å². The Bertz CT molecular complexity index is 900. The molecule has 118 valence electrons. The summed E-state index contributed by atoms with van der Waals surface area (Å²) in [6.07, 6.45) is 1.70. The number of unbranched alkanes of at least 4 members (excludes halogenated alkanes) is 1. The van der Waals surface area contributed by atoms with Crippen molar-refractivity contribution in [2.75, 3.05) is 6.61 Å². The summed E-state index contributed by atoms with van der Waals surface area (Å²) < 4.78 is 7.75. The Kier molecular flexibility index (Phi) is 4.88. The van der Waals surface area contributed by atoms with Crippen LogP contribution in [0.4, 0.5) is 0 Å². The first-order valence-electron chi connectivity index (χ1n) is 7.65. The van der Waals surface area contributed by atoms with Gasteiger partial charge in [-0.25, -0.2) is 0 Å². The molecule has 0 saturated carbocycles. The first-order valence-corrected chi connectivity index (χ1v) is 8.06. The highest BCUT2D eigenvalue weighted by Crippen LogP contribution is 2.09. The summed E-state index contributed by atoms with van der Waals surface area (Å²) in [4.78, 5) is 15.6. The number of para-hydroxylation sites is 2. The van der Waals surface area contributed by atoms with Crippen LogP contribution in [0.2, 0.25) is 0 Å². The Morgan fingerprint density at radius 2 is 1.74 bits per heavy atom. The van der Waals surface area contributed by atoms with Crippen LogP contribution < -0.4 is 10.3 Å². The number of fused-ring (bicyclic) bond motifs is 1. The van der Waals surface area contributed by atoms with E-state index in [1.54, 1.807) is 4.57 Å². The van der Waals surface area contributed by atoms with Crippen LogP contribution in [0.15, 0.2) is 59.4 Å². The maximum Gasteiger partial charge on any atom is 0.262 e. The number of benzene rings is 2. The molecule has 0 aliphatic rings. The molecule has 0 atom stereocenters. The molecule has 0 aliphatic heterocycles. The number of hydrogen-bond acceptors (Lipinski definition) is 3. The Morgan fingerprint density at radius 1 is 1.00 bits per heavy atom. The summed E-state index contributed by atoms with van der Waals surface area (Å²) in [5.74, 6) is 0.868. The van der Waals surface area contributed by atoms with Crippen molar-refractivity contribution in [2.45, 2.75) is 19.4 Å². The second-order valence-corrected chi connectivity index (χ2v) is 5.69. The van der Waals surface area contributed by atoms with E-state index >= 15 is 0 Å². The summed E-state index contributed by atoms with van der Waals surface area (Å²) in [6.45, 7) is 1.22. The summed E-state index contributed by atoms with van der Waals surface area (Å²) >= 11 is 5.30. The van der Waals surface area contributed by atoms with Crippen LogP contribution in [0.25, 0.3) is 10.9 Å². The third-order valence-electron chi connectivity index (χ3n) is 3.68. The minimum atomic E-state index is -0.0340. The molecule has 0 radical (unpaired) electrons. The zero-order valence-corrected chi connectivity index (χ0v) is 13.5. The quantitative estimate of drug-likeness (QED) is 0.552. The first-order chi connectivity index (χ1) is 11.3. The zero-order valence-electron chi connectivity index (χ0n) is 12.7. The molecule has 2 aromatic carbocycles. The Hall–Kier alpha value is -2.40. The number of aromatic nitrogens is 2. The number of nitrogens with one attached hydrogen (secondary N) is 1. The van der Waals surface area contributed by atoms with Crippen molar-refractivity contribution in [3.05, 3.63) is 69.7 Å². The van der Waals surface area contributed by atoms with Gasteiger partial charge < -0.3 is 9.72 Å². The summed E-state index contributed by atoms with van der Waals surface area (Å²) in [7, 11) is 0. The molecular weight excluding hydrogens is 308 g/mol. The average molecular weight is 326 g/mol. The van der Waals surface area contributed by atoms with Crippen molar-refractivity contribution in [3.8, 4) is 5.75 Å². The Labute approximate surface area is 139 Å². The second kappa shape index (κ2) is 7.24. The fourth-order valence-electron chi connectivity index (χ4n) is 2.48. The number of nitrogens with zero attached hydrogens (tertiary/aromatic N) is 1. The van der Waals surface area contributed by atoms with Crippen molar-refractivity contribution < 1.29 is 4.74 Å². The predicted octanol–water partition coefficient (Wildman–Crippen LogP) is 3.92. The number of ether oxygens (including phenoxy) is 1. The van der Waals surface area contributed by atoms with E-state index in [1.807, 2.05) is 54.6 Å². The molecule has 0 fully saturated rings. The highest BCUT2D eigenvalue weighted by Gasteiger charge is 2.04. The van der Waals surface area contributed by atoms with Gasteiger partial charge in [-0.1, -0.05) is 30.3 Å². The minimum absolute atomic E-state index is 0.0340. The van der Waals surface area contributed by atoms with Gasteiger partial charge >= 0.3 is 0 Å². The van der Waals surface area contributed by atoms with E-state index in [-0.39, 0.29) is 5.56 Å². The monoisotopic (exact) mass is 326 g/mol. The van der Waals surface area contributed by atoms with Crippen LogP contribution in [0, 0.1) is 4.77 Å². The number of hydrogen-bond donors (Lipinski definition) is 1. The van der Waals surface area contributed by atoms with Crippen molar-refractivity contribution in [2.24, 2.45) is 0 Å². The molecule has 4 nitrogen and oxygen atoms in total. The molecule has 3 aromatic rings. The third-order valence-corrected chi connectivity index (χ3v) is 4.00. The lowest BCUT2D eigenvalue weighted by Crippen LogP contribution is -2.22. The average Bonchev–Trinajstić information content (AvgIpc) is 2.58. The second-order valence-electron chi connectivity index (χ2n) is 5.30. The van der Waals surface area contributed by atoms with Crippen LogP contribution in [0.1, 0.15) is 12.8 Å². The zero-order chi connectivity index (χ0) is 16.1. The van der Waals surface area contributed by atoms with Gasteiger partial charge in [-0.2, -0.15) is 0 Å². The maximum absolute atomic E-state index is 12.5. The number of rotatable bonds is 6. The lowest BCUT2D eigenvalue weighted by molar-refractivity contribution is 0.302. The third kappa shape index (κ3) is 3.68. The van der Waals surface area contributed by atoms with Crippen LogP contribution in [-0.2, 0) is 6.54 Å². The molecule has 3 rings (SSSR count). The summed E-state index contributed by atoms with van der Waals surface area (Å²) in [5, 5.41) is 0.668. The van der Waals surface area contributed by atoms with E-state index in [1.165, 1.54) is 0 Å². The van der Waals surface area contributed by atoms with E-state index in [4.69, 9.17) is 17.0 Å².